The van der Waals surface area contributed by atoms with E-state index in [0.29, 0.717) is 5.75 Å². The van der Waals surface area contributed by atoms with Crippen molar-refractivity contribution in [1.29, 1.82) is 0 Å². The third kappa shape index (κ3) is 1.40. The molecule has 0 spiro atoms. The van der Waals surface area contributed by atoms with Gasteiger partial charge in [-0.05, 0) is 36.0 Å². The minimum Gasteiger partial charge on any atom is -0.507 e. The molecule has 2 aromatic carbocycles. The van der Waals surface area contributed by atoms with Gasteiger partial charge in [-0.2, -0.15) is 0 Å². The molecule has 1 nitrogen and oxygen atoms in total. The fourth-order valence-corrected chi connectivity index (χ4v) is 2.50. The molecule has 1 aliphatic rings. The van der Waals surface area contributed by atoms with Crippen LogP contribution >= 0.6 is 0 Å². The highest BCUT2D eigenvalue weighted by Crippen LogP contribution is 2.37. The first-order valence-corrected chi connectivity index (χ1v) is 5.75. The Labute approximate surface area is 95.4 Å². The van der Waals surface area contributed by atoms with Crippen LogP contribution in [0.2, 0.25) is 0 Å². The molecular formula is C15H14O. The molecule has 0 saturated heterocycles. The minimum absolute atomic E-state index is 0.487. The Bertz CT molecular complexity index is 514. The number of fused-ring (bicyclic) bond motifs is 1. The highest BCUT2D eigenvalue weighted by Gasteiger charge is 2.17. The maximum absolute atomic E-state index is 10.3. The predicted octanol–water partition coefficient (Wildman–Crippen LogP) is 3.55. The summed E-state index contributed by atoms with van der Waals surface area (Å²) in [6.45, 7) is 0. The summed E-state index contributed by atoms with van der Waals surface area (Å²) in [5, 5.41) is 10.3. The number of aromatic hydroxyl groups is 1. The van der Waals surface area contributed by atoms with Gasteiger partial charge in [0.2, 0.25) is 0 Å². The number of rotatable bonds is 1. The molecular weight excluding hydrogens is 196 g/mol. The minimum atomic E-state index is 0.487. The second-order valence-corrected chi connectivity index (χ2v) is 4.32. The van der Waals surface area contributed by atoms with Crippen molar-refractivity contribution >= 4 is 0 Å². The van der Waals surface area contributed by atoms with E-state index in [1.54, 1.807) is 0 Å². The predicted molar refractivity (Wildman–Crippen MR) is 65.6 cm³/mol. The van der Waals surface area contributed by atoms with Crippen molar-refractivity contribution in [1.82, 2.24) is 0 Å². The molecule has 0 amide bonds. The Balaban J connectivity index is 2.16. The summed E-state index contributed by atoms with van der Waals surface area (Å²) in [6, 6.07) is 14.3. The fourth-order valence-electron chi connectivity index (χ4n) is 2.50. The molecule has 1 N–H and O–H groups in total. The van der Waals surface area contributed by atoms with Gasteiger partial charge >= 0.3 is 0 Å². The number of benzene rings is 2. The van der Waals surface area contributed by atoms with Crippen molar-refractivity contribution in [3.8, 4) is 16.9 Å². The maximum atomic E-state index is 10.3. The summed E-state index contributed by atoms with van der Waals surface area (Å²) in [5.41, 5.74) is 4.52. The monoisotopic (exact) mass is 210 g/mol. The van der Waals surface area contributed by atoms with E-state index in [0.717, 1.165) is 29.5 Å². The molecule has 0 fully saturated rings. The van der Waals surface area contributed by atoms with Gasteiger partial charge in [0.1, 0.15) is 5.75 Å². The number of aryl methyl sites for hydroxylation is 1. The summed E-state index contributed by atoms with van der Waals surface area (Å²) in [4.78, 5) is 0. The van der Waals surface area contributed by atoms with E-state index >= 15 is 0 Å². The third-order valence-electron chi connectivity index (χ3n) is 3.34. The summed E-state index contributed by atoms with van der Waals surface area (Å²) >= 11 is 0. The highest BCUT2D eigenvalue weighted by atomic mass is 16.3. The van der Waals surface area contributed by atoms with Gasteiger partial charge in [0.15, 0.2) is 0 Å². The Kier molecular flexibility index (Phi) is 2.17. The van der Waals surface area contributed by atoms with Crippen molar-refractivity contribution in [2.24, 2.45) is 0 Å². The SMILES string of the molecule is Oc1c(-c2ccccc2)ccc2c1CCC2. The lowest BCUT2D eigenvalue weighted by Crippen LogP contribution is -1.87. The van der Waals surface area contributed by atoms with Gasteiger partial charge in [-0.15, -0.1) is 0 Å². The second-order valence-electron chi connectivity index (χ2n) is 4.32. The van der Waals surface area contributed by atoms with Crippen LogP contribution in [0.25, 0.3) is 11.1 Å². The van der Waals surface area contributed by atoms with Gasteiger partial charge in [0.05, 0.1) is 0 Å². The highest BCUT2D eigenvalue weighted by molar-refractivity contribution is 5.73. The van der Waals surface area contributed by atoms with Gasteiger partial charge in [-0.1, -0.05) is 42.5 Å². The summed E-state index contributed by atoms with van der Waals surface area (Å²) in [6.07, 6.45) is 3.29. The van der Waals surface area contributed by atoms with Crippen LogP contribution in [-0.4, -0.2) is 5.11 Å². The normalized spacial score (nSPS) is 13.8. The fraction of sp³-hybridized carbons (Fsp3) is 0.200. The lowest BCUT2D eigenvalue weighted by atomic mass is 9.99. The lowest BCUT2D eigenvalue weighted by Gasteiger charge is -2.09. The molecule has 0 aliphatic heterocycles. The number of phenolic OH excluding ortho intramolecular Hbond substituents is 1. The summed E-state index contributed by atoms with van der Waals surface area (Å²) < 4.78 is 0. The Morgan fingerprint density at radius 2 is 1.69 bits per heavy atom. The van der Waals surface area contributed by atoms with Crippen LogP contribution in [0.1, 0.15) is 17.5 Å². The van der Waals surface area contributed by atoms with Crippen LogP contribution in [0.15, 0.2) is 42.5 Å². The van der Waals surface area contributed by atoms with Gasteiger partial charge in [0.25, 0.3) is 0 Å². The average Bonchev–Trinajstić information content (AvgIpc) is 2.80. The molecule has 2 aromatic rings. The van der Waals surface area contributed by atoms with Crippen molar-refractivity contribution in [3.05, 3.63) is 53.6 Å². The van der Waals surface area contributed by atoms with Crippen LogP contribution in [-0.2, 0) is 12.8 Å². The summed E-state index contributed by atoms with van der Waals surface area (Å²) in [5.74, 6) is 0.487. The molecule has 1 heteroatoms. The van der Waals surface area contributed by atoms with Crippen LogP contribution < -0.4 is 0 Å². The molecule has 0 radical (unpaired) electrons. The third-order valence-corrected chi connectivity index (χ3v) is 3.34. The van der Waals surface area contributed by atoms with Crippen LogP contribution in [0.5, 0.6) is 5.75 Å². The first kappa shape index (κ1) is 9.46. The Hall–Kier alpha value is -1.76. The van der Waals surface area contributed by atoms with Gasteiger partial charge < -0.3 is 5.11 Å². The van der Waals surface area contributed by atoms with Gasteiger partial charge in [0, 0.05) is 5.56 Å². The largest absolute Gasteiger partial charge is 0.507 e. The number of hydrogen-bond acceptors (Lipinski definition) is 1. The second kappa shape index (κ2) is 3.67. The van der Waals surface area contributed by atoms with E-state index in [1.165, 1.54) is 12.0 Å². The smallest absolute Gasteiger partial charge is 0.126 e. The molecule has 1 aliphatic carbocycles. The summed E-state index contributed by atoms with van der Waals surface area (Å²) in [7, 11) is 0. The Morgan fingerprint density at radius 1 is 0.875 bits per heavy atom. The molecule has 16 heavy (non-hydrogen) atoms. The van der Waals surface area contributed by atoms with E-state index in [9.17, 15) is 5.11 Å². The van der Waals surface area contributed by atoms with Crippen molar-refractivity contribution in [2.75, 3.05) is 0 Å². The van der Waals surface area contributed by atoms with E-state index in [-0.39, 0.29) is 0 Å². The molecule has 0 bridgehead atoms. The zero-order chi connectivity index (χ0) is 11.0. The quantitative estimate of drug-likeness (QED) is 0.763. The molecule has 0 unspecified atom stereocenters. The lowest BCUT2D eigenvalue weighted by molar-refractivity contribution is 0.471. The van der Waals surface area contributed by atoms with Crippen molar-refractivity contribution < 1.29 is 5.11 Å². The van der Waals surface area contributed by atoms with Crippen molar-refractivity contribution in [2.45, 2.75) is 19.3 Å². The van der Waals surface area contributed by atoms with Crippen molar-refractivity contribution in [3.63, 3.8) is 0 Å². The van der Waals surface area contributed by atoms with Crippen LogP contribution in [0, 0.1) is 0 Å². The zero-order valence-corrected chi connectivity index (χ0v) is 9.11. The number of hydrogen-bond donors (Lipinski definition) is 1. The Morgan fingerprint density at radius 3 is 2.50 bits per heavy atom. The van der Waals surface area contributed by atoms with Crippen LogP contribution in [0.4, 0.5) is 0 Å². The molecule has 0 atom stereocenters. The topological polar surface area (TPSA) is 20.2 Å². The molecule has 3 rings (SSSR count). The molecule has 80 valence electrons. The molecule has 0 saturated carbocycles. The van der Waals surface area contributed by atoms with E-state index < -0.39 is 0 Å². The van der Waals surface area contributed by atoms with E-state index in [2.05, 4.69) is 6.07 Å². The average molecular weight is 210 g/mol. The molecule has 0 aromatic heterocycles. The first-order chi connectivity index (χ1) is 7.86. The zero-order valence-electron chi connectivity index (χ0n) is 9.11. The molecule has 0 heterocycles. The van der Waals surface area contributed by atoms with Crippen LogP contribution in [0.3, 0.4) is 0 Å². The van der Waals surface area contributed by atoms with Gasteiger partial charge in [-0.3, -0.25) is 0 Å². The first-order valence-electron chi connectivity index (χ1n) is 5.75. The van der Waals surface area contributed by atoms with E-state index in [1.807, 2.05) is 36.4 Å². The van der Waals surface area contributed by atoms with Gasteiger partial charge in [-0.25, -0.2) is 0 Å². The standard InChI is InChI=1S/C15H14O/c16-15-13-8-4-7-12(13)9-10-14(15)11-5-2-1-3-6-11/h1-3,5-6,9-10,16H,4,7-8H2. The van der Waals surface area contributed by atoms with E-state index in [4.69, 9.17) is 0 Å². The maximum Gasteiger partial charge on any atom is 0.126 e. The number of phenols is 1.